The fourth-order valence-electron chi connectivity index (χ4n) is 2.46. The molecule has 0 aliphatic heterocycles. The van der Waals surface area contributed by atoms with E-state index in [0.29, 0.717) is 12.3 Å². The molecule has 1 amide bonds. The highest BCUT2D eigenvalue weighted by Gasteiger charge is 2.05. The molecular weight excluding hydrogens is 424 g/mol. The predicted octanol–water partition coefficient (Wildman–Crippen LogP) is 7.50. The van der Waals surface area contributed by atoms with Crippen LogP contribution in [0.25, 0.3) is 5.57 Å². The number of carbonyl (C=O) groups excluding carboxylic acids is 1. The molecule has 0 unspecified atom stereocenters. The second-order valence-electron chi connectivity index (χ2n) is 7.37. The van der Waals surface area contributed by atoms with E-state index in [1.54, 1.807) is 24.3 Å². The topological polar surface area (TPSA) is 74.5 Å². The summed E-state index contributed by atoms with van der Waals surface area (Å²) in [7, 11) is 1.89. The first-order valence-electron chi connectivity index (χ1n) is 11.6. The number of hydrogen-bond donors (Lipinski definition) is 3. The minimum atomic E-state index is -0.142. The Labute approximate surface area is 207 Å². The number of benzene rings is 1. The van der Waals surface area contributed by atoms with Crippen LogP contribution in [0.3, 0.4) is 0 Å². The Morgan fingerprint density at radius 1 is 1.09 bits per heavy atom. The lowest BCUT2D eigenvalue weighted by Gasteiger charge is -2.03. The minimum Gasteiger partial charge on any atom is -0.507 e. The van der Waals surface area contributed by atoms with Gasteiger partial charge in [-0.2, -0.15) is 0 Å². The maximum atomic E-state index is 11.1. The van der Waals surface area contributed by atoms with Crippen LogP contribution in [0.1, 0.15) is 71.0 Å². The quantitative estimate of drug-likeness (QED) is 0.368. The van der Waals surface area contributed by atoms with Gasteiger partial charge in [-0.25, -0.2) is 0 Å². The highest BCUT2D eigenvalue weighted by atomic mass is 16.3. The average Bonchev–Trinajstić information content (AvgIpc) is 3.35. The first kappa shape index (κ1) is 32.7. The van der Waals surface area contributed by atoms with E-state index in [9.17, 15) is 9.90 Å². The number of phenols is 1. The molecule has 0 spiro atoms. The molecule has 0 aliphatic rings. The summed E-state index contributed by atoms with van der Waals surface area (Å²) in [4.78, 5) is 11.1. The van der Waals surface area contributed by atoms with Crippen LogP contribution in [-0.2, 0) is 0 Å². The van der Waals surface area contributed by atoms with Gasteiger partial charge >= 0.3 is 0 Å². The summed E-state index contributed by atoms with van der Waals surface area (Å²) in [6.45, 7) is 22.3. The lowest BCUT2D eigenvalue weighted by Crippen LogP contribution is -2.23. The molecule has 2 aromatic rings. The Morgan fingerprint density at radius 2 is 1.71 bits per heavy atom. The van der Waals surface area contributed by atoms with Gasteiger partial charge < -0.3 is 20.2 Å². The molecule has 0 saturated heterocycles. The third-order valence-electron chi connectivity index (χ3n) is 4.01. The van der Waals surface area contributed by atoms with Gasteiger partial charge in [0.1, 0.15) is 5.75 Å². The molecule has 0 bridgehead atoms. The number of amides is 1. The van der Waals surface area contributed by atoms with Crippen LogP contribution in [0.4, 0.5) is 0 Å². The van der Waals surface area contributed by atoms with Crippen LogP contribution < -0.4 is 10.6 Å². The summed E-state index contributed by atoms with van der Waals surface area (Å²) >= 11 is 0. The molecule has 0 saturated carbocycles. The van der Waals surface area contributed by atoms with Crippen LogP contribution in [0.15, 0.2) is 89.2 Å². The van der Waals surface area contributed by atoms with Crippen molar-refractivity contribution in [2.45, 2.75) is 54.9 Å². The van der Waals surface area contributed by atoms with Gasteiger partial charge in [0.15, 0.2) is 5.76 Å². The van der Waals surface area contributed by atoms with Crippen LogP contribution in [-0.4, -0.2) is 24.6 Å². The van der Waals surface area contributed by atoms with Crippen molar-refractivity contribution in [3.8, 4) is 5.75 Å². The number of allylic oxidation sites excluding steroid dienone is 5. The third-order valence-corrected chi connectivity index (χ3v) is 4.01. The van der Waals surface area contributed by atoms with Crippen molar-refractivity contribution < 1.29 is 14.3 Å². The van der Waals surface area contributed by atoms with Gasteiger partial charge in [-0.15, -0.1) is 0 Å². The van der Waals surface area contributed by atoms with Crippen molar-refractivity contribution in [2.75, 3.05) is 13.6 Å². The second kappa shape index (κ2) is 20.2. The van der Waals surface area contributed by atoms with Gasteiger partial charge in [0, 0.05) is 24.9 Å². The molecular formula is C29H44N2O3. The molecule has 0 aliphatic carbocycles. The van der Waals surface area contributed by atoms with Crippen LogP contribution in [0.5, 0.6) is 5.75 Å². The molecule has 0 fully saturated rings. The van der Waals surface area contributed by atoms with Crippen molar-refractivity contribution in [2.24, 2.45) is 0 Å². The lowest BCUT2D eigenvalue weighted by atomic mass is 10.0. The molecule has 1 heterocycles. The first-order chi connectivity index (χ1) is 16.2. The number of nitrogens with one attached hydrogen (secondary N) is 2. The number of rotatable bonds is 7. The van der Waals surface area contributed by atoms with Gasteiger partial charge in [-0.3, -0.25) is 4.79 Å². The molecule has 1 aromatic heterocycles. The molecule has 188 valence electrons. The van der Waals surface area contributed by atoms with Crippen molar-refractivity contribution >= 4 is 11.5 Å². The normalized spacial score (nSPS) is 8.71. The number of para-hydroxylation sites is 1. The summed E-state index contributed by atoms with van der Waals surface area (Å²) in [6.07, 6.45) is 6.19. The SMILES string of the molecule is C=C(C=C(C)C)c1ccccc1O.C=CC(NC)=C(C)C.CC.CCCNC(=O)c1ccco1. The highest BCUT2D eigenvalue weighted by Crippen LogP contribution is 2.24. The maximum absolute atomic E-state index is 11.1. The molecule has 1 aromatic carbocycles. The van der Waals surface area contributed by atoms with Gasteiger partial charge in [-0.05, 0) is 64.0 Å². The van der Waals surface area contributed by atoms with E-state index in [4.69, 9.17) is 4.42 Å². The maximum Gasteiger partial charge on any atom is 0.286 e. The number of phenolic OH excluding ortho intramolecular Hbond substituents is 1. The zero-order valence-corrected chi connectivity index (χ0v) is 22.3. The van der Waals surface area contributed by atoms with Gasteiger partial charge in [0.05, 0.1) is 6.26 Å². The molecule has 2 rings (SSSR count). The monoisotopic (exact) mass is 468 g/mol. The molecule has 0 radical (unpaired) electrons. The van der Waals surface area contributed by atoms with Crippen LogP contribution in [0.2, 0.25) is 0 Å². The van der Waals surface area contributed by atoms with E-state index in [-0.39, 0.29) is 11.7 Å². The number of furan rings is 1. The number of carbonyl (C=O) groups is 1. The standard InChI is InChI=1S/C12H14O.C8H11NO2.C7H13N.C2H6/c1-9(2)8-10(3)11-6-4-5-7-12(11)13;1-2-5-9-8(10)7-4-3-6-11-7;1-5-7(8-4)6(2)3;1-2/h4-8,13H,3H2,1-2H3;3-4,6H,2,5H2,1H3,(H,9,10);5,8H,1H2,2-4H3;1-2H3. The third kappa shape index (κ3) is 14.6. The number of likely N-dealkylation sites (N-methyl/N-ethyl adjacent to an activating group) is 1. The van der Waals surface area contributed by atoms with Crippen molar-refractivity contribution in [3.63, 3.8) is 0 Å². The van der Waals surface area contributed by atoms with Crippen molar-refractivity contribution in [1.82, 2.24) is 10.6 Å². The van der Waals surface area contributed by atoms with Gasteiger partial charge in [0.2, 0.25) is 0 Å². The van der Waals surface area contributed by atoms with E-state index in [0.717, 1.165) is 23.3 Å². The summed E-state index contributed by atoms with van der Waals surface area (Å²) in [5, 5.41) is 15.2. The van der Waals surface area contributed by atoms with E-state index < -0.39 is 0 Å². The van der Waals surface area contributed by atoms with E-state index in [1.165, 1.54) is 17.4 Å². The fraction of sp³-hybridized carbons (Fsp3) is 0.345. The molecule has 5 nitrogen and oxygen atoms in total. The number of hydrogen-bond acceptors (Lipinski definition) is 4. The average molecular weight is 469 g/mol. The summed E-state index contributed by atoms with van der Waals surface area (Å²) < 4.78 is 4.88. The Kier molecular flexibility index (Phi) is 19.4. The number of aromatic hydroxyl groups is 1. The van der Waals surface area contributed by atoms with E-state index in [2.05, 4.69) is 23.8 Å². The van der Waals surface area contributed by atoms with Crippen molar-refractivity contribution in [1.29, 1.82) is 0 Å². The summed E-state index contributed by atoms with van der Waals surface area (Å²) in [5.41, 5.74) is 5.20. The molecule has 0 atom stereocenters. The first-order valence-corrected chi connectivity index (χ1v) is 11.6. The lowest BCUT2D eigenvalue weighted by molar-refractivity contribution is 0.0926. The van der Waals surface area contributed by atoms with Crippen LogP contribution >= 0.6 is 0 Å². The fourth-order valence-corrected chi connectivity index (χ4v) is 2.46. The molecule has 3 N–H and O–H groups in total. The summed E-state index contributed by atoms with van der Waals surface area (Å²) in [5.74, 6) is 0.514. The highest BCUT2D eigenvalue weighted by molar-refractivity contribution is 5.91. The Morgan fingerprint density at radius 3 is 2.09 bits per heavy atom. The Hall–Kier alpha value is -3.47. The molecule has 5 heteroatoms. The van der Waals surface area contributed by atoms with E-state index >= 15 is 0 Å². The van der Waals surface area contributed by atoms with E-state index in [1.807, 2.05) is 79.8 Å². The largest absolute Gasteiger partial charge is 0.507 e. The van der Waals surface area contributed by atoms with Gasteiger partial charge in [0.25, 0.3) is 5.91 Å². The van der Waals surface area contributed by atoms with Gasteiger partial charge in [-0.1, -0.05) is 69.4 Å². The Balaban J connectivity index is 0. The Bertz CT molecular complexity index is 899. The molecule has 34 heavy (non-hydrogen) atoms. The smallest absolute Gasteiger partial charge is 0.286 e. The summed E-state index contributed by atoms with van der Waals surface area (Å²) in [6, 6.07) is 10.6. The van der Waals surface area contributed by atoms with Crippen molar-refractivity contribution in [3.05, 3.63) is 96.1 Å². The van der Waals surface area contributed by atoms with Crippen LogP contribution in [0, 0.1) is 0 Å². The predicted molar refractivity (Wildman–Crippen MR) is 147 cm³/mol. The zero-order valence-electron chi connectivity index (χ0n) is 22.3. The second-order valence-corrected chi connectivity index (χ2v) is 7.37. The zero-order chi connectivity index (χ0) is 26.5. The minimum absolute atomic E-state index is 0.142.